The number of anilines is 1. The van der Waals surface area contributed by atoms with Crippen molar-refractivity contribution < 1.29 is 14.3 Å². The van der Waals surface area contributed by atoms with Crippen LogP contribution in [0.1, 0.15) is 28.4 Å². The Morgan fingerprint density at radius 2 is 1.86 bits per heavy atom. The van der Waals surface area contributed by atoms with Crippen molar-refractivity contribution in [1.29, 1.82) is 0 Å². The zero-order valence-electron chi connectivity index (χ0n) is 13.4. The number of hydrogen-bond donors (Lipinski definition) is 1. The van der Waals surface area contributed by atoms with Crippen molar-refractivity contribution in [3.8, 4) is 11.5 Å². The summed E-state index contributed by atoms with van der Waals surface area (Å²) >= 11 is 0. The largest absolute Gasteiger partial charge is 0.493 e. The highest BCUT2D eigenvalue weighted by Gasteiger charge is 2.12. The van der Waals surface area contributed by atoms with Crippen LogP contribution in [0.5, 0.6) is 11.5 Å². The molecule has 0 aliphatic rings. The molecule has 0 unspecified atom stereocenters. The van der Waals surface area contributed by atoms with Gasteiger partial charge in [-0.3, -0.25) is 4.79 Å². The van der Waals surface area contributed by atoms with Crippen molar-refractivity contribution in [3.05, 3.63) is 53.1 Å². The molecule has 2 rings (SSSR count). The average molecular weight is 299 g/mol. The predicted octanol–water partition coefficient (Wildman–Crippen LogP) is 3.96. The van der Waals surface area contributed by atoms with Crippen molar-refractivity contribution in [2.75, 3.05) is 19.0 Å². The summed E-state index contributed by atoms with van der Waals surface area (Å²) in [6.45, 7) is 6.37. The quantitative estimate of drug-likeness (QED) is 0.909. The van der Waals surface area contributed by atoms with E-state index in [2.05, 4.69) is 5.32 Å². The Kier molecular flexibility index (Phi) is 5.04. The summed E-state index contributed by atoms with van der Waals surface area (Å²) in [5.41, 5.74) is 3.48. The summed E-state index contributed by atoms with van der Waals surface area (Å²) < 4.78 is 10.7. The highest BCUT2D eigenvalue weighted by atomic mass is 16.5. The summed E-state index contributed by atoms with van der Waals surface area (Å²) in [6, 6.07) is 11.1. The summed E-state index contributed by atoms with van der Waals surface area (Å²) in [5.74, 6) is 1.01. The van der Waals surface area contributed by atoms with Gasteiger partial charge >= 0.3 is 0 Å². The molecule has 2 aromatic carbocycles. The molecule has 0 radical (unpaired) electrons. The summed E-state index contributed by atoms with van der Waals surface area (Å²) in [5, 5.41) is 2.94. The Morgan fingerprint density at radius 1 is 1.09 bits per heavy atom. The van der Waals surface area contributed by atoms with E-state index in [9.17, 15) is 4.79 Å². The first-order chi connectivity index (χ1) is 10.5. The minimum Gasteiger partial charge on any atom is -0.493 e. The smallest absolute Gasteiger partial charge is 0.255 e. The fraction of sp³-hybridized carbons (Fsp3) is 0.278. The van der Waals surface area contributed by atoms with Crippen LogP contribution >= 0.6 is 0 Å². The minimum atomic E-state index is -0.169. The van der Waals surface area contributed by atoms with Crippen LogP contribution in [-0.2, 0) is 0 Å². The Balaban J connectivity index is 2.25. The highest BCUT2D eigenvalue weighted by molar-refractivity contribution is 6.05. The van der Waals surface area contributed by atoms with Gasteiger partial charge in [0.1, 0.15) is 0 Å². The molecule has 0 aromatic heterocycles. The molecule has 0 atom stereocenters. The molecule has 0 aliphatic heterocycles. The maximum absolute atomic E-state index is 12.4. The second-order valence-corrected chi connectivity index (χ2v) is 5.07. The highest BCUT2D eigenvalue weighted by Crippen LogP contribution is 2.28. The molecule has 0 bridgehead atoms. The van der Waals surface area contributed by atoms with Gasteiger partial charge in [0.05, 0.1) is 13.7 Å². The maximum Gasteiger partial charge on any atom is 0.255 e. The number of benzene rings is 2. The average Bonchev–Trinajstić information content (AvgIpc) is 2.51. The molecule has 4 nitrogen and oxygen atoms in total. The number of hydrogen-bond acceptors (Lipinski definition) is 3. The molecular weight excluding hydrogens is 278 g/mol. The minimum absolute atomic E-state index is 0.169. The van der Waals surface area contributed by atoms with Gasteiger partial charge in [-0.2, -0.15) is 0 Å². The lowest BCUT2D eigenvalue weighted by atomic mass is 10.1. The van der Waals surface area contributed by atoms with Crippen molar-refractivity contribution in [2.45, 2.75) is 20.8 Å². The first-order valence-electron chi connectivity index (χ1n) is 7.24. The number of amides is 1. The number of ether oxygens (including phenoxy) is 2. The van der Waals surface area contributed by atoms with Crippen molar-refractivity contribution in [1.82, 2.24) is 0 Å². The lowest BCUT2D eigenvalue weighted by Crippen LogP contribution is -2.13. The van der Waals surface area contributed by atoms with Gasteiger partial charge in [0.15, 0.2) is 11.5 Å². The van der Waals surface area contributed by atoms with E-state index in [0.29, 0.717) is 23.7 Å². The molecule has 116 valence electrons. The number of aryl methyl sites for hydroxylation is 2. The second kappa shape index (κ2) is 6.98. The molecule has 0 fully saturated rings. The molecule has 0 aliphatic carbocycles. The van der Waals surface area contributed by atoms with Gasteiger partial charge in [0.2, 0.25) is 0 Å². The van der Waals surface area contributed by atoms with Gasteiger partial charge in [-0.1, -0.05) is 12.1 Å². The van der Waals surface area contributed by atoms with E-state index in [1.807, 2.05) is 39.0 Å². The van der Waals surface area contributed by atoms with E-state index in [1.54, 1.807) is 25.3 Å². The van der Waals surface area contributed by atoms with Gasteiger partial charge in [0, 0.05) is 11.3 Å². The van der Waals surface area contributed by atoms with Gasteiger partial charge in [0.25, 0.3) is 5.91 Å². The third-order valence-corrected chi connectivity index (χ3v) is 3.37. The molecule has 4 heteroatoms. The molecule has 22 heavy (non-hydrogen) atoms. The van der Waals surface area contributed by atoms with E-state index in [1.165, 1.54) is 0 Å². The number of rotatable bonds is 5. The maximum atomic E-state index is 12.4. The molecule has 1 N–H and O–H groups in total. The van der Waals surface area contributed by atoms with Crippen LogP contribution in [0.25, 0.3) is 0 Å². The SMILES string of the molecule is CCOc1cc(C(=O)Nc2cc(C)ccc2C)ccc1OC. The molecule has 0 spiro atoms. The van der Waals surface area contributed by atoms with Gasteiger partial charge in [-0.15, -0.1) is 0 Å². The van der Waals surface area contributed by atoms with Crippen LogP contribution < -0.4 is 14.8 Å². The number of methoxy groups -OCH3 is 1. The normalized spacial score (nSPS) is 10.2. The fourth-order valence-corrected chi connectivity index (χ4v) is 2.15. The molecule has 0 saturated heterocycles. The third-order valence-electron chi connectivity index (χ3n) is 3.37. The van der Waals surface area contributed by atoms with Crippen molar-refractivity contribution >= 4 is 11.6 Å². The van der Waals surface area contributed by atoms with E-state index in [-0.39, 0.29) is 5.91 Å². The first-order valence-corrected chi connectivity index (χ1v) is 7.24. The second-order valence-electron chi connectivity index (χ2n) is 5.07. The summed E-state index contributed by atoms with van der Waals surface area (Å²) in [7, 11) is 1.58. The monoisotopic (exact) mass is 299 g/mol. The van der Waals surface area contributed by atoms with Crippen LogP contribution in [0, 0.1) is 13.8 Å². The first kappa shape index (κ1) is 15.9. The Morgan fingerprint density at radius 3 is 2.55 bits per heavy atom. The lowest BCUT2D eigenvalue weighted by Gasteiger charge is -2.12. The lowest BCUT2D eigenvalue weighted by molar-refractivity contribution is 0.102. The van der Waals surface area contributed by atoms with Gasteiger partial charge in [-0.05, 0) is 56.2 Å². The number of carbonyl (C=O) groups excluding carboxylic acids is 1. The Bertz CT molecular complexity index is 680. The Labute approximate surface area is 131 Å². The molecule has 0 saturated carbocycles. The third kappa shape index (κ3) is 3.58. The molecule has 0 heterocycles. The van der Waals surface area contributed by atoms with Crippen molar-refractivity contribution in [2.24, 2.45) is 0 Å². The molecular formula is C18H21NO3. The molecule has 1 amide bonds. The van der Waals surface area contributed by atoms with Gasteiger partial charge < -0.3 is 14.8 Å². The van der Waals surface area contributed by atoms with Crippen LogP contribution in [0.3, 0.4) is 0 Å². The van der Waals surface area contributed by atoms with E-state index >= 15 is 0 Å². The van der Waals surface area contributed by atoms with Crippen LogP contribution in [0.2, 0.25) is 0 Å². The van der Waals surface area contributed by atoms with E-state index < -0.39 is 0 Å². The topological polar surface area (TPSA) is 47.6 Å². The van der Waals surface area contributed by atoms with Crippen LogP contribution in [-0.4, -0.2) is 19.6 Å². The summed E-state index contributed by atoms with van der Waals surface area (Å²) in [4.78, 5) is 12.4. The van der Waals surface area contributed by atoms with Crippen molar-refractivity contribution in [3.63, 3.8) is 0 Å². The van der Waals surface area contributed by atoms with E-state index in [4.69, 9.17) is 9.47 Å². The number of nitrogens with one attached hydrogen (secondary N) is 1. The van der Waals surface area contributed by atoms with Crippen LogP contribution in [0.15, 0.2) is 36.4 Å². The standard InChI is InChI=1S/C18H21NO3/c1-5-22-17-11-14(8-9-16(17)21-4)18(20)19-15-10-12(2)6-7-13(15)3/h6-11H,5H2,1-4H3,(H,19,20). The van der Waals surface area contributed by atoms with Crippen LogP contribution in [0.4, 0.5) is 5.69 Å². The zero-order valence-corrected chi connectivity index (χ0v) is 13.4. The Hall–Kier alpha value is -2.49. The van der Waals surface area contributed by atoms with Gasteiger partial charge in [-0.25, -0.2) is 0 Å². The molecule has 2 aromatic rings. The number of carbonyl (C=O) groups is 1. The predicted molar refractivity (Wildman–Crippen MR) is 88.0 cm³/mol. The van der Waals surface area contributed by atoms with E-state index in [0.717, 1.165) is 16.8 Å². The fourth-order valence-electron chi connectivity index (χ4n) is 2.15. The summed E-state index contributed by atoms with van der Waals surface area (Å²) in [6.07, 6.45) is 0. The zero-order chi connectivity index (χ0) is 16.1.